The summed E-state index contributed by atoms with van der Waals surface area (Å²) in [6, 6.07) is 9.15. The van der Waals surface area contributed by atoms with Gasteiger partial charge in [0.2, 0.25) is 0 Å². The Bertz CT molecular complexity index is 675. The van der Waals surface area contributed by atoms with E-state index in [2.05, 4.69) is 4.98 Å². The lowest BCUT2D eigenvalue weighted by molar-refractivity contribution is 0.420. The van der Waals surface area contributed by atoms with Crippen LogP contribution in [0.5, 0.6) is 5.75 Å². The fourth-order valence-corrected chi connectivity index (χ4v) is 1.95. The zero-order valence-electron chi connectivity index (χ0n) is 8.53. The van der Waals surface area contributed by atoms with E-state index in [-0.39, 0.29) is 0 Å². The second kappa shape index (κ2) is 3.39. The molecular weight excluding hydrogens is 226 g/mol. The maximum absolute atomic E-state index is 5.88. The number of rotatable bonds is 1. The third-order valence-electron chi connectivity index (χ3n) is 2.49. The summed E-state index contributed by atoms with van der Waals surface area (Å²) >= 11 is 5.88. The van der Waals surface area contributed by atoms with Crippen molar-refractivity contribution in [2.24, 2.45) is 0 Å². The lowest BCUT2D eigenvalue weighted by Crippen LogP contribution is -1.83. The van der Waals surface area contributed by atoms with Gasteiger partial charge in [-0.1, -0.05) is 17.7 Å². The van der Waals surface area contributed by atoms with Crippen molar-refractivity contribution >= 4 is 33.7 Å². The monoisotopic (exact) mass is 233 g/mol. The molecule has 0 radical (unpaired) electrons. The summed E-state index contributed by atoms with van der Waals surface area (Å²) in [5, 5.41) is 1.31. The quantitative estimate of drug-likeness (QED) is 0.602. The van der Waals surface area contributed by atoms with Crippen molar-refractivity contribution in [3.05, 3.63) is 35.5 Å². The minimum Gasteiger partial charge on any atom is -0.496 e. The van der Waals surface area contributed by atoms with E-state index in [1.165, 1.54) is 0 Å². The standard InChI is InChI=1S/C12H8ClNO2/c1-15-7-3-2-4-8-11(7)12-9(16-8)5-6-10(13)14-12/h2-6H,1H3. The second-order valence-electron chi connectivity index (χ2n) is 3.42. The van der Waals surface area contributed by atoms with E-state index in [4.69, 9.17) is 20.8 Å². The summed E-state index contributed by atoms with van der Waals surface area (Å²) < 4.78 is 10.9. The Morgan fingerprint density at radius 1 is 1.19 bits per heavy atom. The molecule has 0 fully saturated rings. The van der Waals surface area contributed by atoms with Gasteiger partial charge in [-0.15, -0.1) is 0 Å². The third kappa shape index (κ3) is 1.25. The zero-order valence-corrected chi connectivity index (χ0v) is 9.28. The molecule has 16 heavy (non-hydrogen) atoms. The number of benzene rings is 1. The Balaban J connectivity index is 2.54. The van der Waals surface area contributed by atoms with Crippen LogP contribution in [0.3, 0.4) is 0 Å². The van der Waals surface area contributed by atoms with Gasteiger partial charge in [-0.2, -0.15) is 0 Å². The molecule has 2 aromatic heterocycles. The smallest absolute Gasteiger partial charge is 0.154 e. The van der Waals surface area contributed by atoms with Crippen molar-refractivity contribution in [1.29, 1.82) is 0 Å². The van der Waals surface area contributed by atoms with Crippen LogP contribution in [0, 0.1) is 0 Å². The number of pyridine rings is 1. The topological polar surface area (TPSA) is 35.3 Å². The van der Waals surface area contributed by atoms with Crippen molar-refractivity contribution in [3.8, 4) is 5.75 Å². The van der Waals surface area contributed by atoms with Crippen molar-refractivity contribution < 1.29 is 9.15 Å². The van der Waals surface area contributed by atoms with Gasteiger partial charge in [0, 0.05) is 0 Å². The van der Waals surface area contributed by atoms with Crippen LogP contribution in [0.15, 0.2) is 34.7 Å². The maximum Gasteiger partial charge on any atom is 0.154 e. The predicted molar refractivity (Wildman–Crippen MR) is 63.1 cm³/mol. The van der Waals surface area contributed by atoms with Gasteiger partial charge in [0.1, 0.15) is 22.0 Å². The minimum atomic E-state index is 0.445. The summed E-state index contributed by atoms with van der Waals surface area (Å²) in [6.45, 7) is 0. The maximum atomic E-state index is 5.88. The molecule has 0 saturated heterocycles. The Kier molecular flexibility index (Phi) is 2.01. The number of nitrogens with zero attached hydrogens (tertiary/aromatic N) is 1. The molecule has 0 aliphatic heterocycles. The number of aromatic nitrogens is 1. The van der Waals surface area contributed by atoms with Gasteiger partial charge in [-0.05, 0) is 24.3 Å². The molecule has 2 heterocycles. The molecule has 0 spiro atoms. The Morgan fingerprint density at radius 3 is 2.88 bits per heavy atom. The number of halogens is 1. The van der Waals surface area contributed by atoms with E-state index in [1.54, 1.807) is 13.2 Å². The van der Waals surface area contributed by atoms with Crippen LogP contribution in [-0.4, -0.2) is 12.1 Å². The van der Waals surface area contributed by atoms with Gasteiger partial charge in [0.15, 0.2) is 5.58 Å². The summed E-state index contributed by atoms with van der Waals surface area (Å²) in [7, 11) is 1.62. The van der Waals surface area contributed by atoms with Crippen LogP contribution in [-0.2, 0) is 0 Å². The molecule has 0 unspecified atom stereocenters. The first-order valence-electron chi connectivity index (χ1n) is 4.81. The highest BCUT2D eigenvalue weighted by atomic mass is 35.5. The molecule has 0 atom stereocenters. The first-order chi connectivity index (χ1) is 7.79. The van der Waals surface area contributed by atoms with E-state index >= 15 is 0 Å². The van der Waals surface area contributed by atoms with E-state index in [1.807, 2.05) is 24.3 Å². The normalized spacial score (nSPS) is 11.1. The van der Waals surface area contributed by atoms with E-state index in [0.29, 0.717) is 10.7 Å². The number of hydrogen-bond donors (Lipinski definition) is 0. The molecule has 80 valence electrons. The Morgan fingerprint density at radius 2 is 2.06 bits per heavy atom. The predicted octanol–water partition coefficient (Wildman–Crippen LogP) is 3.64. The molecule has 1 aromatic carbocycles. The van der Waals surface area contributed by atoms with Crippen LogP contribution in [0.4, 0.5) is 0 Å². The van der Waals surface area contributed by atoms with E-state index < -0.39 is 0 Å². The largest absolute Gasteiger partial charge is 0.496 e. The average Bonchev–Trinajstić information content (AvgIpc) is 2.66. The van der Waals surface area contributed by atoms with Gasteiger partial charge in [-0.3, -0.25) is 0 Å². The molecule has 3 aromatic rings. The molecule has 0 saturated carbocycles. The third-order valence-corrected chi connectivity index (χ3v) is 2.70. The summed E-state index contributed by atoms with van der Waals surface area (Å²) in [4.78, 5) is 4.26. The molecule has 4 heteroatoms. The number of fused-ring (bicyclic) bond motifs is 3. The molecule has 0 N–H and O–H groups in total. The summed E-state index contributed by atoms with van der Waals surface area (Å²) in [5.41, 5.74) is 2.20. The lowest BCUT2D eigenvalue weighted by Gasteiger charge is -1.99. The number of hydrogen-bond acceptors (Lipinski definition) is 3. The van der Waals surface area contributed by atoms with Crippen LogP contribution in [0.25, 0.3) is 22.1 Å². The SMILES string of the molecule is COc1cccc2oc3ccc(Cl)nc3c12. The van der Waals surface area contributed by atoms with Gasteiger partial charge < -0.3 is 9.15 Å². The molecule has 0 aliphatic rings. The summed E-state index contributed by atoms with van der Waals surface area (Å²) in [6.07, 6.45) is 0. The van der Waals surface area contributed by atoms with Crippen LogP contribution >= 0.6 is 11.6 Å². The molecule has 3 rings (SSSR count). The van der Waals surface area contributed by atoms with Crippen molar-refractivity contribution in [3.63, 3.8) is 0 Å². The number of methoxy groups -OCH3 is 1. The minimum absolute atomic E-state index is 0.445. The fraction of sp³-hybridized carbons (Fsp3) is 0.0833. The van der Waals surface area contributed by atoms with Gasteiger partial charge >= 0.3 is 0 Å². The Hall–Kier alpha value is -1.74. The molecule has 3 nitrogen and oxygen atoms in total. The fourth-order valence-electron chi connectivity index (χ4n) is 1.80. The number of furan rings is 1. The molecule has 0 bridgehead atoms. The first-order valence-corrected chi connectivity index (χ1v) is 5.19. The summed E-state index contributed by atoms with van der Waals surface area (Å²) in [5.74, 6) is 0.742. The molecular formula is C12H8ClNO2. The van der Waals surface area contributed by atoms with Gasteiger partial charge in [-0.25, -0.2) is 4.98 Å². The van der Waals surface area contributed by atoms with Gasteiger partial charge in [0.25, 0.3) is 0 Å². The first kappa shape index (κ1) is 9.48. The van der Waals surface area contributed by atoms with Crippen LogP contribution < -0.4 is 4.74 Å². The van der Waals surface area contributed by atoms with Crippen molar-refractivity contribution in [2.75, 3.05) is 7.11 Å². The van der Waals surface area contributed by atoms with E-state index in [9.17, 15) is 0 Å². The van der Waals surface area contributed by atoms with Crippen molar-refractivity contribution in [1.82, 2.24) is 4.98 Å². The highest BCUT2D eigenvalue weighted by Gasteiger charge is 2.12. The highest BCUT2D eigenvalue weighted by Crippen LogP contribution is 2.34. The molecule has 0 aliphatic carbocycles. The lowest BCUT2D eigenvalue weighted by atomic mass is 10.2. The van der Waals surface area contributed by atoms with Crippen molar-refractivity contribution in [2.45, 2.75) is 0 Å². The van der Waals surface area contributed by atoms with Crippen LogP contribution in [0.1, 0.15) is 0 Å². The second-order valence-corrected chi connectivity index (χ2v) is 3.80. The zero-order chi connectivity index (χ0) is 11.1. The highest BCUT2D eigenvalue weighted by molar-refractivity contribution is 6.30. The average molecular weight is 234 g/mol. The molecule has 0 amide bonds. The van der Waals surface area contributed by atoms with Gasteiger partial charge in [0.05, 0.1) is 12.5 Å². The van der Waals surface area contributed by atoms with E-state index in [0.717, 1.165) is 22.2 Å². The Labute approximate surface area is 96.6 Å². The van der Waals surface area contributed by atoms with Crippen LogP contribution in [0.2, 0.25) is 5.15 Å². The number of ether oxygens (including phenoxy) is 1.